The molecule has 6 heterocycles. The van der Waals surface area contributed by atoms with E-state index < -0.39 is 0 Å². The molecule has 13 nitrogen and oxygen atoms in total. The van der Waals surface area contributed by atoms with E-state index in [4.69, 9.17) is 14.6 Å². The number of piperazine rings is 1. The lowest BCUT2D eigenvalue weighted by atomic mass is 10.1. The van der Waals surface area contributed by atoms with Crippen LogP contribution in [0, 0.1) is 0 Å². The number of aromatic amines is 2. The van der Waals surface area contributed by atoms with E-state index in [0.717, 1.165) is 137 Å². The van der Waals surface area contributed by atoms with Crippen LogP contribution >= 0.6 is 31.9 Å². The van der Waals surface area contributed by atoms with E-state index in [-0.39, 0.29) is 12.7 Å². The van der Waals surface area contributed by atoms with Crippen LogP contribution in [0.25, 0.3) is 45.1 Å². The van der Waals surface area contributed by atoms with Crippen LogP contribution in [0.3, 0.4) is 0 Å². The molecule has 15 heteroatoms. The second kappa shape index (κ2) is 18.6. The quantitative estimate of drug-likeness (QED) is 0.122. The van der Waals surface area contributed by atoms with Gasteiger partial charge in [-0.15, -0.1) is 0 Å². The van der Waals surface area contributed by atoms with E-state index in [1.807, 2.05) is 60.7 Å². The molecule has 0 saturated carbocycles. The first-order chi connectivity index (χ1) is 26.4. The summed E-state index contributed by atoms with van der Waals surface area (Å²) < 4.78 is 13.6. The maximum atomic E-state index is 9.54. The van der Waals surface area contributed by atoms with Crippen molar-refractivity contribution in [2.75, 3.05) is 78.7 Å². The molecule has 2 fully saturated rings. The normalized spacial score (nSPS) is 16.1. The standard InChI is InChI=1S/C20H24BrN5O2.C19H21BrN4O2/c21-16-13-18-20(22-14-16)24-19(23-18)15-1-3-17(4-2-15)28-12-10-26-7-5-25(6-8-26)9-11-27;20-14-11-17-19(21-12-14)23-18(22-17)13-1-3-16(4-2-13)26-10-9-24-7-5-15(25)6-8-24/h1-4,13-14,27H,5-12H2,(H,22,23,24);1-4,11-12,15,25H,5-10H2,(H,21,22,23). The number of rotatable bonds is 12. The van der Waals surface area contributed by atoms with Gasteiger partial charge in [-0.25, -0.2) is 19.9 Å². The number of nitrogens with zero attached hydrogens (tertiary/aromatic N) is 7. The summed E-state index contributed by atoms with van der Waals surface area (Å²) in [5.41, 5.74) is 5.22. The number of imidazole rings is 2. The third kappa shape index (κ3) is 10.4. The van der Waals surface area contributed by atoms with Gasteiger partial charge in [0, 0.05) is 91.4 Å². The van der Waals surface area contributed by atoms with Crippen LogP contribution in [0.4, 0.5) is 0 Å². The Hall–Kier alpha value is -3.96. The molecular weight excluding hydrogens is 818 g/mol. The van der Waals surface area contributed by atoms with Crippen molar-refractivity contribution in [3.8, 4) is 34.3 Å². The molecule has 0 atom stereocenters. The van der Waals surface area contributed by atoms with Crippen LogP contribution in [0.5, 0.6) is 11.5 Å². The first-order valence-corrected chi connectivity index (χ1v) is 19.9. The molecule has 0 bridgehead atoms. The lowest BCUT2D eigenvalue weighted by Gasteiger charge is -2.34. The largest absolute Gasteiger partial charge is 0.492 e. The molecule has 284 valence electrons. The van der Waals surface area contributed by atoms with Crippen molar-refractivity contribution >= 4 is 54.2 Å². The minimum absolute atomic E-state index is 0.130. The zero-order valence-corrected chi connectivity index (χ0v) is 33.2. The van der Waals surface area contributed by atoms with Gasteiger partial charge in [-0.2, -0.15) is 0 Å². The molecular formula is C39H45Br2N9O4. The van der Waals surface area contributed by atoms with Gasteiger partial charge >= 0.3 is 0 Å². The number of hydrogen-bond donors (Lipinski definition) is 4. The number of ether oxygens (including phenoxy) is 2. The number of β-amino-alcohol motifs (C(OH)–C–C–N with tert-alkyl or cyclic N) is 1. The van der Waals surface area contributed by atoms with Crippen LogP contribution in [0.15, 0.2) is 82.0 Å². The maximum absolute atomic E-state index is 9.54. The Kier molecular flexibility index (Phi) is 13.2. The minimum atomic E-state index is -0.130. The van der Waals surface area contributed by atoms with Gasteiger partial charge in [-0.3, -0.25) is 14.7 Å². The number of nitrogens with one attached hydrogen (secondary N) is 2. The Labute approximate surface area is 331 Å². The highest BCUT2D eigenvalue weighted by Gasteiger charge is 2.17. The van der Waals surface area contributed by atoms with E-state index in [1.54, 1.807) is 12.4 Å². The second-order valence-corrected chi connectivity index (χ2v) is 15.3. The van der Waals surface area contributed by atoms with Crippen molar-refractivity contribution in [2.45, 2.75) is 18.9 Å². The predicted molar refractivity (Wildman–Crippen MR) is 217 cm³/mol. The van der Waals surface area contributed by atoms with Gasteiger partial charge in [0.1, 0.15) is 47.4 Å². The minimum Gasteiger partial charge on any atom is -0.492 e. The Morgan fingerprint density at radius 2 is 1.06 bits per heavy atom. The molecule has 0 spiro atoms. The Morgan fingerprint density at radius 3 is 1.50 bits per heavy atom. The van der Waals surface area contributed by atoms with Crippen LogP contribution in [0.2, 0.25) is 0 Å². The van der Waals surface area contributed by atoms with E-state index in [1.165, 1.54) is 0 Å². The number of piperidine rings is 1. The highest BCUT2D eigenvalue weighted by atomic mass is 79.9. The Morgan fingerprint density at radius 1 is 0.630 bits per heavy atom. The van der Waals surface area contributed by atoms with Gasteiger partial charge in [0.15, 0.2) is 11.3 Å². The number of aliphatic hydroxyl groups excluding tert-OH is 2. The molecule has 6 aromatic rings. The lowest BCUT2D eigenvalue weighted by molar-refractivity contribution is 0.0755. The Bertz CT molecular complexity index is 2080. The van der Waals surface area contributed by atoms with Gasteiger partial charge in [-0.1, -0.05) is 0 Å². The third-order valence-corrected chi connectivity index (χ3v) is 10.5. The topological polar surface area (TPSA) is 152 Å². The third-order valence-electron chi connectivity index (χ3n) is 9.65. The summed E-state index contributed by atoms with van der Waals surface area (Å²) >= 11 is 6.84. The average Bonchev–Trinajstić information content (AvgIpc) is 3.81. The number of halogens is 2. The lowest BCUT2D eigenvalue weighted by Crippen LogP contribution is -2.48. The summed E-state index contributed by atoms with van der Waals surface area (Å²) in [6, 6.07) is 19.8. The molecule has 2 aliphatic heterocycles. The SMILES string of the molecule is OC1CCN(CCOc2ccc(-c3nc4cc(Br)cnc4[nH]3)cc2)CC1.OCCN1CCN(CCOc2ccc(-c3nc4cc(Br)cnc4[nH]3)cc2)CC1. The van der Waals surface area contributed by atoms with Crippen molar-refractivity contribution in [1.29, 1.82) is 0 Å². The van der Waals surface area contributed by atoms with Gasteiger partial charge in [-0.05, 0) is 105 Å². The summed E-state index contributed by atoms with van der Waals surface area (Å²) in [5.74, 6) is 3.30. The highest BCUT2D eigenvalue weighted by Crippen LogP contribution is 2.25. The number of aliphatic hydroxyl groups is 2. The summed E-state index contributed by atoms with van der Waals surface area (Å²) in [4.78, 5) is 31.4. The molecule has 54 heavy (non-hydrogen) atoms. The number of fused-ring (bicyclic) bond motifs is 2. The van der Waals surface area contributed by atoms with Gasteiger partial charge in [0.25, 0.3) is 0 Å². The average molecular weight is 864 g/mol. The predicted octanol–water partition coefficient (Wildman–Crippen LogP) is 5.60. The fraction of sp³-hybridized carbons (Fsp3) is 0.385. The molecule has 0 aliphatic carbocycles. The van der Waals surface area contributed by atoms with Crippen molar-refractivity contribution < 1.29 is 19.7 Å². The molecule has 2 saturated heterocycles. The monoisotopic (exact) mass is 861 g/mol. The van der Waals surface area contributed by atoms with Crippen molar-refractivity contribution in [3.63, 3.8) is 0 Å². The molecule has 4 N–H and O–H groups in total. The van der Waals surface area contributed by atoms with E-state index in [9.17, 15) is 5.11 Å². The molecule has 8 rings (SSSR count). The van der Waals surface area contributed by atoms with Crippen LogP contribution in [-0.2, 0) is 0 Å². The fourth-order valence-corrected chi connectivity index (χ4v) is 7.18. The molecule has 0 radical (unpaired) electrons. The van der Waals surface area contributed by atoms with Gasteiger partial charge < -0.3 is 29.7 Å². The van der Waals surface area contributed by atoms with E-state index in [2.05, 4.69) is 76.5 Å². The van der Waals surface area contributed by atoms with Crippen LogP contribution < -0.4 is 9.47 Å². The molecule has 2 aromatic carbocycles. The van der Waals surface area contributed by atoms with E-state index >= 15 is 0 Å². The number of pyridine rings is 2. The maximum Gasteiger partial charge on any atom is 0.157 e. The first-order valence-electron chi connectivity index (χ1n) is 18.3. The summed E-state index contributed by atoms with van der Waals surface area (Å²) in [5, 5.41) is 18.5. The summed E-state index contributed by atoms with van der Waals surface area (Å²) in [7, 11) is 0. The smallest absolute Gasteiger partial charge is 0.157 e. The zero-order chi connectivity index (χ0) is 37.3. The van der Waals surface area contributed by atoms with Crippen molar-refractivity contribution in [3.05, 3.63) is 82.0 Å². The van der Waals surface area contributed by atoms with Crippen LogP contribution in [0.1, 0.15) is 12.8 Å². The molecule has 0 amide bonds. The summed E-state index contributed by atoms with van der Waals surface area (Å²) in [6.07, 6.45) is 5.10. The number of aromatic nitrogens is 6. The zero-order valence-electron chi connectivity index (χ0n) is 30.0. The fourth-order valence-electron chi connectivity index (χ4n) is 6.54. The Balaban J connectivity index is 0.000000167. The van der Waals surface area contributed by atoms with Gasteiger partial charge in [0.05, 0.1) is 12.7 Å². The number of H-pyrrole nitrogens is 2. The van der Waals surface area contributed by atoms with E-state index in [0.29, 0.717) is 13.2 Å². The molecule has 0 unspecified atom stereocenters. The first kappa shape index (κ1) is 38.3. The second-order valence-electron chi connectivity index (χ2n) is 13.4. The summed E-state index contributed by atoms with van der Waals surface area (Å²) in [6.45, 7) is 10.1. The van der Waals surface area contributed by atoms with Gasteiger partial charge in [0.2, 0.25) is 0 Å². The number of likely N-dealkylation sites (tertiary alicyclic amines) is 1. The van der Waals surface area contributed by atoms with Crippen molar-refractivity contribution in [1.82, 2.24) is 44.6 Å². The van der Waals surface area contributed by atoms with Crippen LogP contribution in [-0.4, -0.2) is 140 Å². The van der Waals surface area contributed by atoms with Crippen molar-refractivity contribution in [2.24, 2.45) is 0 Å². The molecule has 2 aliphatic rings. The highest BCUT2D eigenvalue weighted by molar-refractivity contribution is 9.10. The number of hydrogen-bond acceptors (Lipinski definition) is 11. The molecule has 4 aromatic heterocycles. The number of benzene rings is 2.